The molecule has 2 aromatic carbocycles. The van der Waals surface area contributed by atoms with Gasteiger partial charge in [0.05, 0.1) is 17.3 Å². The lowest BCUT2D eigenvalue weighted by molar-refractivity contribution is 0.600. The number of nitrogens with one attached hydrogen (secondary N) is 1. The number of aryl methyl sites for hydroxylation is 1. The SMILES string of the molecule is Cc1cc(Br)c(S(=O)(=O)Nc2cccc(C#N)c2)cc1Br. The second-order valence-corrected chi connectivity index (χ2v) is 7.69. The molecule has 0 radical (unpaired) electrons. The van der Waals surface area contributed by atoms with Crippen LogP contribution in [0.2, 0.25) is 0 Å². The van der Waals surface area contributed by atoms with Crippen LogP contribution < -0.4 is 4.72 Å². The molecule has 21 heavy (non-hydrogen) atoms. The normalized spacial score (nSPS) is 11.0. The maximum atomic E-state index is 12.4. The Labute approximate surface area is 140 Å². The zero-order valence-electron chi connectivity index (χ0n) is 10.9. The monoisotopic (exact) mass is 428 g/mol. The molecule has 108 valence electrons. The Balaban J connectivity index is 2.43. The lowest BCUT2D eigenvalue weighted by Gasteiger charge is -2.11. The summed E-state index contributed by atoms with van der Waals surface area (Å²) >= 11 is 6.59. The van der Waals surface area contributed by atoms with Gasteiger partial charge in [-0.2, -0.15) is 5.26 Å². The maximum Gasteiger partial charge on any atom is 0.263 e. The van der Waals surface area contributed by atoms with E-state index in [9.17, 15) is 8.42 Å². The molecule has 0 bridgehead atoms. The Kier molecular flexibility index (Phi) is 4.71. The summed E-state index contributed by atoms with van der Waals surface area (Å²) in [5, 5.41) is 8.85. The largest absolute Gasteiger partial charge is 0.280 e. The molecule has 0 aliphatic carbocycles. The first-order valence-corrected chi connectivity index (χ1v) is 8.89. The van der Waals surface area contributed by atoms with Gasteiger partial charge in [-0.05, 0) is 58.7 Å². The van der Waals surface area contributed by atoms with E-state index < -0.39 is 10.0 Å². The molecule has 0 heterocycles. The molecule has 1 N–H and O–H groups in total. The van der Waals surface area contributed by atoms with E-state index in [0.717, 1.165) is 5.56 Å². The van der Waals surface area contributed by atoms with Crippen molar-refractivity contribution in [2.75, 3.05) is 4.72 Å². The minimum absolute atomic E-state index is 0.127. The van der Waals surface area contributed by atoms with Crippen LogP contribution in [0.3, 0.4) is 0 Å². The van der Waals surface area contributed by atoms with Crippen LogP contribution in [0.25, 0.3) is 0 Å². The zero-order valence-corrected chi connectivity index (χ0v) is 14.9. The van der Waals surface area contributed by atoms with E-state index >= 15 is 0 Å². The van der Waals surface area contributed by atoms with Crippen molar-refractivity contribution in [3.8, 4) is 6.07 Å². The van der Waals surface area contributed by atoms with Crippen LogP contribution in [-0.4, -0.2) is 8.42 Å². The summed E-state index contributed by atoms with van der Waals surface area (Å²) < 4.78 is 28.5. The quantitative estimate of drug-likeness (QED) is 0.794. The molecule has 0 saturated heterocycles. The van der Waals surface area contributed by atoms with Gasteiger partial charge in [-0.15, -0.1) is 0 Å². The van der Waals surface area contributed by atoms with Gasteiger partial charge in [-0.1, -0.05) is 22.0 Å². The molecule has 0 fully saturated rings. The molecule has 0 amide bonds. The first kappa shape index (κ1) is 16.0. The minimum atomic E-state index is -3.74. The number of nitriles is 1. The molecular formula is C14H10Br2N2O2S. The van der Waals surface area contributed by atoms with Crippen LogP contribution in [0.1, 0.15) is 11.1 Å². The highest BCUT2D eigenvalue weighted by molar-refractivity contribution is 9.11. The standard InChI is InChI=1S/C14H10Br2N2O2S/c1-9-5-13(16)14(7-12(9)15)21(19,20)18-11-4-2-3-10(6-11)8-17/h2-7,18H,1H3. The van der Waals surface area contributed by atoms with Gasteiger partial charge in [0.15, 0.2) is 0 Å². The van der Waals surface area contributed by atoms with E-state index in [0.29, 0.717) is 20.2 Å². The van der Waals surface area contributed by atoms with Gasteiger partial charge in [0.2, 0.25) is 0 Å². The Hall–Kier alpha value is -1.36. The van der Waals surface area contributed by atoms with E-state index in [2.05, 4.69) is 36.6 Å². The minimum Gasteiger partial charge on any atom is -0.280 e. The summed E-state index contributed by atoms with van der Waals surface area (Å²) in [6, 6.07) is 11.5. The van der Waals surface area contributed by atoms with Crippen molar-refractivity contribution in [1.29, 1.82) is 5.26 Å². The van der Waals surface area contributed by atoms with E-state index in [4.69, 9.17) is 5.26 Å². The van der Waals surface area contributed by atoms with Crippen molar-refractivity contribution in [3.05, 3.63) is 56.5 Å². The lowest BCUT2D eigenvalue weighted by atomic mass is 10.2. The molecule has 0 aliphatic heterocycles. The molecule has 0 aliphatic rings. The highest BCUT2D eigenvalue weighted by Crippen LogP contribution is 2.30. The van der Waals surface area contributed by atoms with Crippen molar-refractivity contribution < 1.29 is 8.42 Å². The van der Waals surface area contributed by atoms with Crippen LogP contribution in [0.4, 0.5) is 5.69 Å². The predicted molar refractivity (Wildman–Crippen MR) is 88.5 cm³/mol. The van der Waals surface area contributed by atoms with Crippen molar-refractivity contribution in [2.24, 2.45) is 0 Å². The van der Waals surface area contributed by atoms with E-state index in [1.807, 2.05) is 13.0 Å². The lowest BCUT2D eigenvalue weighted by Crippen LogP contribution is -2.14. The molecule has 7 heteroatoms. The second kappa shape index (κ2) is 6.18. The van der Waals surface area contributed by atoms with Gasteiger partial charge >= 0.3 is 0 Å². The molecule has 4 nitrogen and oxygen atoms in total. The summed E-state index contributed by atoms with van der Waals surface area (Å²) in [6.45, 7) is 1.87. The average Bonchev–Trinajstić information content (AvgIpc) is 2.42. The van der Waals surface area contributed by atoms with Gasteiger partial charge in [-0.3, -0.25) is 4.72 Å². The third kappa shape index (κ3) is 3.64. The Morgan fingerprint density at radius 3 is 2.52 bits per heavy atom. The van der Waals surface area contributed by atoms with Crippen LogP contribution in [0.5, 0.6) is 0 Å². The summed E-state index contributed by atoms with van der Waals surface area (Å²) in [4.78, 5) is 0.127. The van der Waals surface area contributed by atoms with Gasteiger partial charge in [0.25, 0.3) is 10.0 Å². The van der Waals surface area contributed by atoms with Crippen molar-refractivity contribution >= 4 is 47.6 Å². The number of nitrogens with zero attached hydrogens (tertiary/aromatic N) is 1. The van der Waals surface area contributed by atoms with E-state index in [1.54, 1.807) is 24.3 Å². The van der Waals surface area contributed by atoms with Crippen molar-refractivity contribution in [2.45, 2.75) is 11.8 Å². The number of anilines is 1. The third-order valence-electron chi connectivity index (χ3n) is 2.75. The zero-order chi connectivity index (χ0) is 15.6. The predicted octanol–water partition coefficient (Wildman–Crippen LogP) is 4.19. The molecular weight excluding hydrogens is 420 g/mol. The number of sulfonamides is 1. The summed E-state index contributed by atoms with van der Waals surface area (Å²) in [5.41, 5.74) is 1.66. The molecule has 0 spiro atoms. The van der Waals surface area contributed by atoms with Crippen LogP contribution in [0.15, 0.2) is 50.2 Å². The summed E-state index contributed by atoms with van der Waals surface area (Å²) in [5.74, 6) is 0. The van der Waals surface area contributed by atoms with Gasteiger partial charge in [0, 0.05) is 8.95 Å². The highest BCUT2D eigenvalue weighted by atomic mass is 79.9. The Morgan fingerprint density at radius 2 is 1.86 bits per heavy atom. The van der Waals surface area contributed by atoms with Crippen LogP contribution in [-0.2, 0) is 10.0 Å². The first-order chi connectivity index (χ1) is 9.83. The number of hydrogen-bond acceptors (Lipinski definition) is 3. The topological polar surface area (TPSA) is 70.0 Å². The van der Waals surface area contributed by atoms with E-state index in [-0.39, 0.29) is 4.90 Å². The third-order valence-corrected chi connectivity index (χ3v) is 5.94. The first-order valence-electron chi connectivity index (χ1n) is 5.82. The number of benzene rings is 2. The van der Waals surface area contributed by atoms with Crippen LogP contribution >= 0.6 is 31.9 Å². The summed E-state index contributed by atoms with van der Waals surface area (Å²) in [6.07, 6.45) is 0. The summed E-state index contributed by atoms with van der Waals surface area (Å²) in [7, 11) is -3.74. The Bertz CT molecular complexity index is 843. The van der Waals surface area contributed by atoms with Gasteiger partial charge < -0.3 is 0 Å². The van der Waals surface area contributed by atoms with Crippen LogP contribution in [0, 0.1) is 18.3 Å². The Morgan fingerprint density at radius 1 is 1.14 bits per heavy atom. The molecule has 2 rings (SSSR count). The molecule has 0 saturated carbocycles. The molecule has 0 atom stereocenters. The number of hydrogen-bond donors (Lipinski definition) is 1. The smallest absolute Gasteiger partial charge is 0.263 e. The highest BCUT2D eigenvalue weighted by Gasteiger charge is 2.19. The fraction of sp³-hybridized carbons (Fsp3) is 0.0714. The van der Waals surface area contributed by atoms with Crippen molar-refractivity contribution in [1.82, 2.24) is 0 Å². The second-order valence-electron chi connectivity index (χ2n) is 4.33. The number of rotatable bonds is 3. The molecule has 0 aromatic heterocycles. The van der Waals surface area contributed by atoms with Gasteiger partial charge in [-0.25, -0.2) is 8.42 Å². The molecule has 2 aromatic rings. The van der Waals surface area contributed by atoms with E-state index in [1.165, 1.54) is 12.1 Å². The van der Waals surface area contributed by atoms with Gasteiger partial charge in [0.1, 0.15) is 4.90 Å². The van der Waals surface area contributed by atoms with Crippen molar-refractivity contribution in [3.63, 3.8) is 0 Å². The molecule has 0 unspecified atom stereocenters. The average molecular weight is 430 g/mol. The number of halogens is 2. The fourth-order valence-corrected chi connectivity index (χ4v) is 4.42. The maximum absolute atomic E-state index is 12.4. The fourth-order valence-electron chi connectivity index (χ4n) is 1.70.